The van der Waals surface area contributed by atoms with Crippen LogP contribution in [-0.4, -0.2) is 26.1 Å². The van der Waals surface area contributed by atoms with Crippen molar-refractivity contribution < 1.29 is 9.90 Å². The zero-order valence-electron chi connectivity index (χ0n) is 7.18. The Morgan fingerprint density at radius 1 is 1.54 bits per heavy atom. The molecule has 1 aliphatic carbocycles. The number of carboxylic acid groups (broad SMARTS) is 1. The first-order chi connectivity index (χ1) is 6.29. The molecule has 13 heavy (non-hydrogen) atoms. The van der Waals surface area contributed by atoms with Gasteiger partial charge in [-0.25, -0.2) is 9.48 Å². The minimum absolute atomic E-state index is 0.201. The molecule has 0 unspecified atom stereocenters. The number of hydrogen-bond donors (Lipinski definition) is 1. The molecule has 0 radical (unpaired) electrons. The SMILES string of the molecule is O=C(O)c1cnnn1C1CCCC1. The Kier molecular flexibility index (Phi) is 2.00. The molecular weight excluding hydrogens is 170 g/mol. The van der Waals surface area contributed by atoms with Crippen LogP contribution in [0.3, 0.4) is 0 Å². The normalized spacial score (nSPS) is 17.8. The molecule has 0 aliphatic heterocycles. The van der Waals surface area contributed by atoms with E-state index in [1.807, 2.05) is 0 Å². The Morgan fingerprint density at radius 3 is 2.85 bits per heavy atom. The van der Waals surface area contributed by atoms with Crippen LogP contribution in [0.15, 0.2) is 6.20 Å². The quantitative estimate of drug-likeness (QED) is 0.741. The molecule has 0 spiro atoms. The highest BCUT2D eigenvalue weighted by Gasteiger charge is 2.22. The van der Waals surface area contributed by atoms with Crippen LogP contribution < -0.4 is 0 Å². The lowest BCUT2D eigenvalue weighted by molar-refractivity contribution is 0.0680. The maximum atomic E-state index is 10.7. The summed E-state index contributed by atoms with van der Waals surface area (Å²) in [6.07, 6.45) is 5.65. The van der Waals surface area contributed by atoms with Crippen molar-refractivity contribution in [3.8, 4) is 0 Å². The first kappa shape index (κ1) is 8.22. The molecule has 1 heterocycles. The molecule has 0 aromatic carbocycles. The third kappa shape index (κ3) is 1.41. The van der Waals surface area contributed by atoms with Crippen LogP contribution in [0.1, 0.15) is 42.2 Å². The highest BCUT2D eigenvalue weighted by molar-refractivity contribution is 5.85. The molecule has 1 aliphatic rings. The van der Waals surface area contributed by atoms with E-state index in [2.05, 4.69) is 10.3 Å². The molecule has 2 rings (SSSR count). The second-order valence-electron chi connectivity index (χ2n) is 3.31. The Bertz CT molecular complexity index is 315. The molecule has 0 atom stereocenters. The van der Waals surface area contributed by atoms with E-state index in [0.29, 0.717) is 0 Å². The van der Waals surface area contributed by atoms with E-state index in [1.54, 1.807) is 0 Å². The van der Waals surface area contributed by atoms with Crippen LogP contribution in [0, 0.1) is 0 Å². The van der Waals surface area contributed by atoms with Crippen molar-refractivity contribution in [3.05, 3.63) is 11.9 Å². The lowest BCUT2D eigenvalue weighted by Gasteiger charge is -2.09. The van der Waals surface area contributed by atoms with Crippen LogP contribution >= 0.6 is 0 Å². The molecule has 0 saturated heterocycles. The van der Waals surface area contributed by atoms with Crippen LogP contribution in [0.4, 0.5) is 0 Å². The fourth-order valence-corrected chi connectivity index (χ4v) is 1.82. The zero-order valence-corrected chi connectivity index (χ0v) is 7.18. The van der Waals surface area contributed by atoms with Crippen molar-refractivity contribution in [1.82, 2.24) is 15.0 Å². The monoisotopic (exact) mass is 181 g/mol. The van der Waals surface area contributed by atoms with E-state index < -0.39 is 5.97 Å². The van der Waals surface area contributed by atoms with Crippen molar-refractivity contribution in [2.75, 3.05) is 0 Å². The summed E-state index contributed by atoms with van der Waals surface area (Å²) in [4.78, 5) is 10.7. The molecule has 1 fully saturated rings. The molecular formula is C8H11N3O2. The maximum Gasteiger partial charge on any atom is 0.355 e. The molecule has 0 amide bonds. The van der Waals surface area contributed by atoms with E-state index in [-0.39, 0.29) is 11.7 Å². The smallest absolute Gasteiger partial charge is 0.355 e. The summed E-state index contributed by atoms with van der Waals surface area (Å²) in [5.41, 5.74) is 0.201. The summed E-state index contributed by atoms with van der Waals surface area (Å²) in [5, 5.41) is 16.2. The molecule has 5 heteroatoms. The van der Waals surface area contributed by atoms with E-state index in [9.17, 15) is 4.79 Å². The molecule has 5 nitrogen and oxygen atoms in total. The second kappa shape index (κ2) is 3.16. The Balaban J connectivity index is 2.28. The van der Waals surface area contributed by atoms with Gasteiger partial charge in [0.05, 0.1) is 12.2 Å². The van der Waals surface area contributed by atoms with Gasteiger partial charge in [-0.05, 0) is 12.8 Å². The summed E-state index contributed by atoms with van der Waals surface area (Å²) in [5.74, 6) is -0.947. The summed E-state index contributed by atoms with van der Waals surface area (Å²) in [6.45, 7) is 0. The van der Waals surface area contributed by atoms with E-state index in [4.69, 9.17) is 5.11 Å². The minimum atomic E-state index is -0.947. The minimum Gasteiger partial charge on any atom is -0.476 e. The highest BCUT2D eigenvalue weighted by Crippen LogP contribution is 2.29. The van der Waals surface area contributed by atoms with E-state index in [1.165, 1.54) is 10.9 Å². The van der Waals surface area contributed by atoms with Crippen molar-refractivity contribution in [1.29, 1.82) is 0 Å². The molecule has 0 bridgehead atoms. The van der Waals surface area contributed by atoms with Crippen LogP contribution in [0.5, 0.6) is 0 Å². The van der Waals surface area contributed by atoms with Crippen molar-refractivity contribution in [3.63, 3.8) is 0 Å². The molecule has 1 N–H and O–H groups in total. The zero-order chi connectivity index (χ0) is 9.26. The van der Waals surface area contributed by atoms with E-state index >= 15 is 0 Å². The fourth-order valence-electron chi connectivity index (χ4n) is 1.82. The van der Waals surface area contributed by atoms with Gasteiger partial charge in [0.15, 0.2) is 5.69 Å². The number of rotatable bonds is 2. The average molecular weight is 181 g/mol. The van der Waals surface area contributed by atoms with Gasteiger partial charge < -0.3 is 5.11 Å². The van der Waals surface area contributed by atoms with Gasteiger partial charge in [-0.1, -0.05) is 18.1 Å². The lowest BCUT2D eigenvalue weighted by atomic mass is 10.2. The van der Waals surface area contributed by atoms with Gasteiger partial charge in [-0.2, -0.15) is 0 Å². The van der Waals surface area contributed by atoms with Gasteiger partial charge in [-0.3, -0.25) is 0 Å². The summed E-state index contributed by atoms with van der Waals surface area (Å²) >= 11 is 0. The highest BCUT2D eigenvalue weighted by atomic mass is 16.4. The lowest BCUT2D eigenvalue weighted by Crippen LogP contribution is -2.14. The van der Waals surface area contributed by atoms with E-state index in [0.717, 1.165) is 25.7 Å². The number of carboxylic acids is 1. The van der Waals surface area contributed by atoms with Crippen LogP contribution in [-0.2, 0) is 0 Å². The third-order valence-electron chi connectivity index (χ3n) is 2.46. The molecule has 70 valence electrons. The predicted molar refractivity (Wildman–Crippen MR) is 44.5 cm³/mol. The van der Waals surface area contributed by atoms with Crippen LogP contribution in [0.2, 0.25) is 0 Å². The summed E-state index contributed by atoms with van der Waals surface area (Å²) in [7, 11) is 0. The standard InChI is InChI=1S/C8H11N3O2/c12-8(13)7-5-9-10-11(7)6-3-1-2-4-6/h5-6H,1-4H2,(H,12,13). The topological polar surface area (TPSA) is 68.0 Å². The van der Waals surface area contributed by atoms with Crippen molar-refractivity contribution >= 4 is 5.97 Å². The predicted octanol–water partition coefficient (Wildman–Crippen LogP) is 1.09. The van der Waals surface area contributed by atoms with Gasteiger partial charge in [0.25, 0.3) is 0 Å². The number of nitrogens with zero attached hydrogens (tertiary/aromatic N) is 3. The summed E-state index contributed by atoms with van der Waals surface area (Å²) in [6, 6.07) is 0.244. The Morgan fingerprint density at radius 2 is 2.23 bits per heavy atom. The fraction of sp³-hybridized carbons (Fsp3) is 0.625. The first-order valence-electron chi connectivity index (χ1n) is 4.42. The van der Waals surface area contributed by atoms with Gasteiger partial charge in [0.1, 0.15) is 0 Å². The number of aromatic carboxylic acids is 1. The summed E-state index contributed by atoms with van der Waals surface area (Å²) < 4.78 is 1.54. The van der Waals surface area contributed by atoms with Crippen LogP contribution in [0.25, 0.3) is 0 Å². The largest absolute Gasteiger partial charge is 0.476 e. The van der Waals surface area contributed by atoms with Gasteiger partial charge in [-0.15, -0.1) is 5.10 Å². The Hall–Kier alpha value is -1.39. The van der Waals surface area contributed by atoms with Crippen molar-refractivity contribution in [2.45, 2.75) is 31.7 Å². The second-order valence-corrected chi connectivity index (χ2v) is 3.31. The molecule has 1 saturated carbocycles. The Labute approximate surface area is 75.4 Å². The van der Waals surface area contributed by atoms with Gasteiger partial charge >= 0.3 is 5.97 Å². The van der Waals surface area contributed by atoms with Gasteiger partial charge in [0, 0.05) is 0 Å². The number of aromatic nitrogens is 3. The molecule has 1 aromatic heterocycles. The first-order valence-corrected chi connectivity index (χ1v) is 4.42. The van der Waals surface area contributed by atoms with Crippen molar-refractivity contribution in [2.24, 2.45) is 0 Å². The average Bonchev–Trinajstić information content (AvgIpc) is 2.74. The maximum absolute atomic E-state index is 10.7. The van der Waals surface area contributed by atoms with Gasteiger partial charge in [0.2, 0.25) is 0 Å². The third-order valence-corrected chi connectivity index (χ3v) is 2.46. The number of hydrogen-bond acceptors (Lipinski definition) is 3. The number of carbonyl (C=O) groups is 1. The molecule has 1 aromatic rings.